The molecule has 1 rings (SSSR count). The van der Waals surface area contributed by atoms with Gasteiger partial charge in [0.2, 0.25) is 5.44 Å². The number of aliphatic hydroxyl groups excluding tert-OH is 1. The van der Waals surface area contributed by atoms with E-state index in [4.69, 9.17) is 10.2 Å². The van der Waals surface area contributed by atoms with E-state index < -0.39 is 17.7 Å². The number of carbonyl (C=O) groups is 1. The van der Waals surface area contributed by atoms with Crippen LogP contribution in [0.1, 0.15) is 0 Å². The number of carboxylic acid groups (broad SMARTS) is 1. The van der Waals surface area contributed by atoms with Crippen LogP contribution in [0.15, 0.2) is 0 Å². The van der Waals surface area contributed by atoms with Crippen LogP contribution in [0.4, 0.5) is 0 Å². The van der Waals surface area contributed by atoms with E-state index in [-0.39, 0.29) is 0 Å². The van der Waals surface area contributed by atoms with Gasteiger partial charge in [-0.3, -0.25) is 0 Å². The molecule has 1 unspecified atom stereocenters. The summed E-state index contributed by atoms with van der Waals surface area (Å²) >= 11 is 1.09. The highest BCUT2D eigenvalue weighted by molar-refractivity contribution is 8.00. The quantitative estimate of drug-likeness (QED) is 0.526. The third kappa shape index (κ3) is 1.57. The van der Waals surface area contributed by atoms with Gasteiger partial charge in [0.15, 0.2) is 6.29 Å². The van der Waals surface area contributed by atoms with Crippen LogP contribution >= 0.6 is 11.8 Å². The van der Waals surface area contributed by atoms with Gasteiger partial charge in [0.25, 0.3) is 0 Å². The van der Waals surface area contributed by atoms with Gasteiger partial charge in [0.05, 0.1) is 0 Å². The predicted molar refractivity (Wildman–Crippen MR) is 31.0 cm³/mol. The maximum absolute atomic E-state index is 10.1. The SMILES string of the molecule is O=C(O)[C@@H]1OC(O)CS1. The average molecular weight is 150 g/mol. The summed E-state index contributed by atoms with van der Waals surface area (Å²) in [6.07, 6.45) is -0.906. The standard InChI is InChI=1S/C4H6O4S/c5-2-1-9-4(8-2)3(6)7/h2,4-5H,1H2,(H,6,7)/t2?,4-/m1/s1. The zero-order valence-electron chi connectivity index (χ0n) is 4.48. The van der Waals surface area contributed by atoms with Gasteiger partial charge in [-0.15, -0.1) is 11.8 Å². The van der Waals surface area contributed by atoms with E-state index in [1.165, 1.54) is 0 Å². The summed E-state index contributed by atoms with van der Waals surface area (Å²) in [5.74, 6) is -0.687. The van der Waals surface area contributed by atoms with Crippen molar-refractivity contribution >= 4 is 17.7 Å². The number of rotatable bonds is 1. The molecule has 52 valence electrons. The number of hydrogen-bond acceptors (Lipinski definition) is 4. The average Bonchev–Trinajstić information content (AvgIpc) is 2.14. The number of aliphatic hydroxyl groups is 1. The molecule has 0 aromatic rings. The number of thioether (sulfide) groups is 1. The molecule has 1 saturated heterocycles. The van der Waals surface area contributed by atoms with Crippen LogP contribution < -0.4 is 0 Å². The fourth-order valence-corrected chi connectivity index (χ4v) is 1.29. The Hall–Kier alpha value is -0.260. The highest BCUT2D eigenvalue weighted by Crippen LogP contribution is 2.23. The van der Waals surface area contributed by atoms with Crippen molar-refractivity contribution in [2.24, 2.45) is 0 Å². The molecule has 0 radical (unpaired) electrons. The van der Waals surface area contributed by atoms with Crippen LogP contribution in [0.2, 0.25) is 0 Å². The van der Waals surface area contributed by atoms with Crippen molar-refractivity contribution in [2.45, 2.75) is 11.7 Å². The lowest BCUT2D eigenvalue weighted by Crippen LogP contribution is -2.18. The van der Waals surface area contributed by atoms with E-state index >= 15 is 0 Å². The molecule has 0 spiro atoms. The number of carboxylic acids is 1. The second-order valence-electron chi connectivity index (χ2n) is 1.59. The third-order valence-electron chi connectivity index (χ3n) is 0.872. The normalized spacial score (nSPS) is 34.8. The van der Waals surface area contributed by atoms with Gasteiger partial charge in [-0.1, -0.05) is 0 Å². The highest BCUT2D eigenvalue weighted by atomic mass is 32.2. The minimum absolute atomic E-state index is 0.344. The lowest BCUT2D eigenvalue weighted by Gasteiger charge is -2.01. The molecule has 0 aliphatic carbocycles. The van der Waals surface area contributed by atoms with E-state index in [1.54, 1.807) is 0 Å². The molecule has 1 aliphatic heterocycles. The Morgan fingerprint density at radius 1 is 1.78 bits per heavy atom. The first-order valence-corrected chi connectivity index (χ1v) is 3.43. The lowest BCUT2D eigenvalue weighted by molar-refractivity contribution is -0.154. The summed E-state index contributed by atoms with van der Waals surface area (Å²) in [5, 5.41) is 16.9. The minimum atomic E-state index is -1.03. The molecule has 1 aliphatic rings. The van der Waals surface area contributed by atoms with E-state index in [1.807, 2.05) is 0 Å². The van der Waals surface area contributed by atoms with Gasteiger partial charge in [0.1, 0.15) is 0 Å². The zero-order valence-corrected chi connectivity index (χ0v) is 5.30. The summed E-state index contributed by atoms with van der Waals surface area (Å²) in [4.78, 5) is 10.1. The Morgan fingerprint density at radius 2 is 2.44 bits per heavy atom. The predicted octanol–water partition coefficient (Wildman–Crippen LogP) is -0.521. The van der Waals surface area contributed by atoms with Crippen molar-refractivity contribution in [3.05, 3.63) is 0 Å². The Morgan fingerprint density at radius 3 is 2.67 bits per heavy atom. The van der Waals surface area contributed by atoms with Gasteiger partial charge < -0.3 is 14.9 Å². The Labute approximate surface area is 55.8 Å². The smallest absolute Gasteiger partial charge is 0.343 e. The van der Waals surface area contributed by atoms with Crippen LogP contribution in [0.25, 0.3) is 0 Å². The number of ether oxygens (including phenoxy) is 1. The first-order valence-electron chi connectivity index (χ1n) is 2.38. The molecule has 1 heterocycles. The monoisotopic (exact) mass is 150 g/mol. The topological polar surface area (TPSA) is 66.8 Å². The molecule has 0 aromatic carbocycles. The molecule has 0 saturated carbocycles. The van der Waals surface area contributed by atoms with E-state index in [2.05, 4.69) is 4.74 Å². The first kappa shape index (κ1) is 6.85. The molecular weight excluding hydrogens is 144 g/mol. The number of aliphatic carboxylic acids is 1. The van der Waals surface area contributed by atoms with Crippen molar-refractivity contribution in [1.82, 2.24) is 0 Å². The fourth-order valence-electron chi connectivity index (χ4n) is 0.520. The molecule has 9 heavy (non-hydrogen) atoms. The molecule has 0 amide bonds. The van der Waals surface area contributed by atoms with Crippen LogP contribution in [0.5, 0.6) is 0 Å². The molecule has 2 atom stereocenters. The molecule has 0 aromatic heterocycles. The Kier molecular flexibility index (Phi) is 1.94. The van der Waals surface area contributed by atoms with E-state index in [0.29, 0.717) is 5.75 Å². The Bertz CT molecular complexity index is 126. The minimum Gasteiger partial charge on any atom is -0.479 e. The summed E-state index contributed by atoms with van der Waals surface area (Å²) in [5.41, 5.74) is -0.875. The molecule has 0 bridgehead atoms. The van der Waals surface area contributed by atoms with Crippen LogP contribution in [0, 0.1) is 0 Å². The lowest BCUT2D eigenvalue weighted by atomic mass is 10.7. The fraction of sp³-hybridized carbons (Fsp3) is 0.750. The number of hydrogen-bond donors (Lipinski definition) is 2. The zero-order chi connectivity index (χ0) is 6.85. The second kappa shape index (κ2) is 2.55. The molecule has 1 fully saturated rings. The van der Waals surface area contributed by atoms with Crippen LogP contribution in [-0.2, 0) is 9.53 Å². The Balaban J connectivity index is 2.39. The van der Waals surface area contributed by atoms with Crippen LogP contribution in [0.3, 0.4) is 0 Å². The van der Waals surface area contributed by atoms with Crippen molar-refractivity contribution < 1.29 is 19.7 Å². The van der Waals surface area contributed by atoms with Gasteiger partial charge in [-0.05, 0) is 0 Å². The summed E-state index contributed by atoms with van der Waals surface area (Å²) in [7, 11) is 0. The molecule has 4 nitrogen and oxygen atoms in total. The van der Waals surface area contributed by atoms with Gasteiger partial charge in [-0.2, -0.15) is 0 Å². The van der Waals surface area contributed by atoms with E-state index in [0.717, 1.165) is 11.8 Å². The summed E-state index contributed by atoms with van der Waals surface area (Å²) in [6.45, 7) is 0. The van der Waals surface area contributed by atoms with Crippen LogP contribution in [-0.4, -0.2) is 33.7 Å². The van der Waals surface area contributed by atoms with Crippen molar-refractivity contribution in [1.29, 1.82) is 0 Å². The largest absolute Gasteiger partial charge is 0.479 e. The maximum Gasteiger partial charge on any atom is 0.343 e. The highest BCUT2D eigenvalue weighted by Gasteiger charge is 2.29. The van der Waals surface area contributed by atoms with Gasteiger partial charge in [0, 0.05) is 5.75 Å². The summed E-state index contributed by atoms with van der Waals surface area (Å²) in [6, 6.07) is 0. The first-order chi connectivity index (χ1) is 4.20. The molecular formula is C4H6O4S. The van der Waals surface area contributed by atoms with Crippen molar-refractivity contribution in [2.75, 3.05) is 5.75 Å². The van der Waals surface area contributed by atoms with Gasteiger partial charge in [-0.25, -0.2) is 4.79 Å². The van der Waals surface area contributed by atoms with Gasteiger partial charge >= 0.3 is 5.97 Å². The van der Waals surface area contributed by atoms with E-state index in [9.17, 15) is 4.79 Å². The maximum atomic E-state index is 10.1. The summed E-state index contributed by atoms with van der Waals surface area (Å²) < 4.78 is 4.54. The third-order valence-corrected chi connectivity index (χ3v) is 1.97. The molecule has 2 N–H and O–H groups in total. The van der Waals surface area contributed by atoms with Crippen molar-refractivity contribution in [3.8, 4) is 0 Å². The molecule has 5 heteroatoms. The second-order valence-corrected chi connectivity index (χ2v) is 2.69. The van der Waals surface area contributed by atoms with Crippen molar-refractivity contribution in [3.63, 3.8) is 0 Å².